The first-order chi connectivity index (χ1) is 8.58. The molecule has 0 saturated carbocycles. The zero-order chi connectivity index (χ0) is 13.1. The second-order valence-electron chi connectivity index (χ2n) is 4.17. The average molecular weight is 242 g/mol. The second-order valence-corrected chi connectivity index (χ2v) is 4.17. The zero-order valence-electron chi connectivity index (χ0n) is 10.2. The molecule has 0 spiro atoms. The Kier molecular flexibility index (Phi) is 3.43. The van der Waals surface area contributed by atoms with Crippen molar-refractivity contribution in [1.29, 1.82) is 0 Å². The molecule has 0 radical (unpaired) electrons. The molecule has 2 aromatic rings. The first-order valence-electron chi connectivity index (χ1n) is 5.61. The Labute approximate surface area is 105 Å². The van der Waals surface area contributed by atoms with Gasteiger partial charge in [0, 0.05) is 5.56 Å². The molecule has 0 heterocycles. The Bertz CT molecular complexity index is 629. The van der Waals surface area contributed by atoms with Gasteiger partial charge in [0.15, 0.2) is 11.6 Å². The Balaban J connectivity index is 2.36. The standard InChI is InChI=1S/C16H12F2/c1-11-3-6-13(7-4-11)8-10-14-9-5-12(2)15(17)16(14)18/h3-7,9H,1-2H3. The topological polar surface area (TPSA) is 0 Å². The highest BCUT2D eigenvalue weighted by Crippen LogP contribution is 2.14. The van der Waals surface area contributed by atoms with E-state index >= 15 is 0 Å². The minimum atomic E-state index is -0.880. The molecular formula is C16H12F2. The molecule has 2 aromatic carbocycles. The van der Waals surface area contributed by atoms with Crippen molar-refractivity contribution in [1.82, 2.24) is 0 Å². The molecule has 2 heteroatoms. The number of hydrogen-bond acceptors (Lipinski definition) is 0. The van der Waals surface area contributed by atoms with Crippen LogP contribution in [0.1, 0.15) is 22.3 Å². The fourth-order valence-corrected chi connectivity index (χ4v) is 1.52. The molecule has 0 N–H and O–H groups in total. The molecule has 0 saturated heterocycles. The molecule has 90 valence electrons. The van der Waals surface area contributed by atoms with Crippen LogP contribution in [0.4, 0.5) is 8.78 Å². The Hall–Kier alpha value is -2.14. The van der Waals surface area contributed by atoms with Crippen LogP contribution in [-0.2, 0) is 0 Å². The largest absolute Gasteiger partial charge is 0.203 e. The number of hydrogen-bond donors (Lipinski definition) is 0. The van der Waals surface area contributed by atoms with E-state index in [4.69, 9.17) is 0 Å². The smallest absolute Gasteiger partial charge is 0.174 e. The zero-order valence-corrected chi connectivity index (χ0v) is 10.2. The first-order valence-corrected chi connectivity index (χ1v) is 5.61. The van der Waals surface area contributed by atoms with Gasteiger partial charge in [0.25, 0.3) is 0 Å². The lowest BCUT2D eigenvalue weighted by atomic mass is 10.1. The summed E-state index contributed by atoms with van der Waals surface area (Å²) in [5, 5.41) is 0. The van der Waals surface area contributed by atoms with Gasteiger partial charge in [0.1, 0.15) is 0 Å². The van der Waals surface area contributed by atoms with Crippen LogP contribution in [0.3, 0.4) is 0 Å². The third-order valence-corrected chi connectivity index (χ3v) is 2.67. The van der Waals surface area contributed by atoms with Crippen LogP contribution in [-0.4, -0.2) is 0 Å². The SMILES string of the molecule is Cc1ccc(C#Cc2ccc(C)c(F)c2F)cc1. The number of rotatable bonds is 0. The molecule has 0 aliphatic rings. The van der Waals surface area contributed by atoms with Crippen LogP contribution in [0.2, 0.25) is 0 Å². The van der Waals surface area contributed by atoms with Gasteiger partial charge in [-0.2, -0.15) is 0 Å². The maximum Gasteiger partial charge on any atom is 0.174 e. The summed E-state index contributed by atoms with van der Waals surface area (Å²) < 4.78 is 26.9. The Morgan fingerprint density at radius 3 is 2.11 bits per heavy atom. The van der Waals surface area contributed by atoms with Crippen LogP contribution in [0, 0.1) is 37.3 Å². The first kappa shape index (κ1) is 12.3. The molecule has 18 heavy (non-hydrogen) atoms. The van der Waals surface area contributed by atoms with Crippen LogP contribution < -0.4 is 0 Å². The third kappa shape index (κ3) is 2.57. The molecule has 0 aliphatic carbocycles. The van der Waals surface area contributed by atoms with Crippen molar-refractivity contribution < 1.29 is 8.78 Å². The second kappa shape index (κ2) is 5.01. The summed E-state index contributed by atoms with van der Waals surface area (Å²) in [5.41, 5.74) is 2.28. The van der Waals surface area contributed by atoms with Gasteiger partial charge in [-0.1, -0.05) is 35.6 Å². The van der Waals surface area contributed by atoms with Crippen molar-refractivity contribution in [2.75, 3.05) is 0 Å². The van der Waals surface area contributed by atoms with Gasteiger partial charge < -0.3 is 0 Å². The van der Waals surface area contributed by atoms with Gasteiger partial charge in [-0.15, -0.1) is 0 Å². The summed E-state index contributed by atoms with van der Waals surface area (Å²) >= 11 is 0. The van der Waals surface area contributed by atoms with Crippen molar-refractivity contribution in [2.45, 2.75) is 13.8 Å². The van der Waals surface area contributed by atoms with E-state index in [-0.39, 0.29) is 11.1 Å². The molecule has 0 amide bonds. The summed E-state index contributed by atoms with van der Waals surface area (Å²) in [6.45, 7) is 3.50. The molecule has 2 rings (SSSR count). The van der Waals surface area contributed by atoms with E-state index in [9.17, 15) is 8.78 Å². The minimum Gasteiger partial charge on any atom is -0.203 e. The van der Waals surface area contributed by atoms with Gasteiger partial charge in [-0.05, 0) is 37.6 Å². The third-order valence-electron chi connectivity index (χ3n) is 2.67. The minimum absolute atomic E-state index is 0.0821. The van der Waals surface area contributed by atoms with Crippen molar-refractivity contribution in [2.24, 2.45) is 0 Å². The van der Waals surface area contributed by atoms with Crippen LogP contribution in [0.5, 0.6) is 0 Å². The maximum atomic E-state index is 13.6. The predicted octanol–water partition coefficient (Wildman–Crippen LogP) is 3.98. The number of aryl methyl sites for hydroxylation is 2. The van der Waals surface area contributed by atoms with E-state index in [1.165, 1.54) is 19.1 Å². The van der Waals surface area contributed by atoms with Crippen molar-refractivity contribution in [3.63, 3.8) is 0 Å². The summed E-state index contributed by atoms with van der Waals surface area (Å²) in [6, 6.07) is 10.6. The van der Waals surface area contributed by atoms with Gasteiger partial charge in [-0.25, -0.2) is 8.78 Å². The highest BCUT2D eigenvalue weighted by atomic mass is 19.2. The predicted molar refractivity (Wildman–Crippen MR) is 68.3 cm³/mol. The summed E-state index contributed by atoms with van der Waals surface area (Å²) in [4.78, 5) is 0. The van der Waals surface area contributed by atoms with Crippen molar-refractivity contribution >= 4 is 0 Å². The highest BCUT2D eigenvalue weighted by molar-refractivity contribution is 5.44. The fourth-order valence-electron chi connectivity index (χ4n) is 1.52. The van der Waals surface area contributed by atoms with Crippen LogP contribution >= 0.6 is 0 Å². The van der Waals surface area contributed by atoms with Gasteiger partial charge in [0.05, 0.1) is 5.56 Å². The quantitative estimate of drug-likeness (QED) is 0.613. The normalized spacial score (nSPS) is 9.78. The summed E-state index contributed by atoms with van der Waals surface area (Å²) in [7, 11) is 0. The van der Waals surface area contributed by atoms with E-state index < -0.39 is 11.6 Å². The molecular weight excluding hydrogens is 230 g/mol. The van der Waals surface area contributed by atoms with E-state index in [0.29, 0.717) is 0 Å². The van der Waals surface area contributed by atoms with Crippen molar-refractivity contribution in [3.8, 4) is 11.8 Å². The maximum absolute atomic E-state index is 13.6. The molecule has 0 fully saturated rings. The van der Waals surface area contributed by atoms with Gasteiger partial charge >= 0.3 is 0 Å². The Morgan fingerprint density at radius 1 is 0.778 bits per heavy atom. The molecule has 0 aliphatic heterocycles. The Morgan fingerprint density at radius 2 is 1.44 bits per heavy atom. The molecule has 0 bridgehead atoms. The van der Waals surface area contributed by atoms with E-state index in [2.05, 4.69) is 11.8 Å². The van der Waals surface area contributed by atoms with Crippen LogP contribution in [0.25, 0.3) is 0 Å². The number of halogens is 2. The number of benzene rings is 2. The lowest BCUT2D eigenvalue weighted by Crippen LogP contribution is -1.92. The summed E-state index contributed by atoms with van der Waals surface area (Å²) in [6.07, 6.45) is 0. The highest BCUT2D eigenvalue weighted by Gasteiger charge is 2.08. The van der Waals surface area contributed by atoms with Crippen molar-refractivity contribution in [3.05, 3.63) is 70.3 Å². The van der Waals surface area contributed by atoms with Crippen LogP contribution in [0.15, 0.2) is 36.4 Å². The summed E-state index contributed by atoms with van der Waals surface area (Å²) in [5.74, 6) is 3.76. The average Bonchev–Trinajstić information content (AvgIpc) is 2.37. The molecule has 0 aromatic heterocycles. The monoisotopic (exact) mass is 242 g/mol. The lowest BCUT2D eigenvalue weighted by molar-refractivity contribution is 0.501. The van der Waals surface area contributed by atoms with E-state index in [0.717, 1.165) is 11.1 Å². The van der Waals surface area contributed by atoms with E-state index in [1.54, 1.807) is 0 Å². The van der Waals surface area contributed by atoms with E-state index in [1.807, 2.05) is 31.2 Å². The molecule has 0 nitrogen and oxygen atoms in total. The van der Waals surface area contributed by atoms with Gasteiger partial charge in [-0.3, -0.25) is 0 Å². The lowest BCUT2D eigenvalue weighted by Gasteiger charge is -1.99. The van der Waals surface area contributed by atoms with Gasteiger partial charge in [0.2, 0.25) is 0 Å². The fraction of sp³-hybridized carbons (Fsp3) is 0.125. The molecule has 0 unspecified atom stereocenters. The molecule has 0 atom stereocenters.